The molecule has 24 heavy (non-hydrogen) atoms. The second-order valence-corrected chi connectivity index (χ2v) is 7.51. The minimum Gasteiger partial charge on any atom is -0.396 e. The number of aliphatic hydroxyl groups excluding tert-OH is 1. The fourth-order valence-electron chi connectivity index (χ4n) is 4.32. The van der Waals surface area contributed by atoms with Crippen LogP contribution < -0.4 is 0 Å². The summed E-state index contributed by atoms with van der Waals surface area (Å²) in [5.41, 5.74) is 1.32. The lowest BCUT2D eigenvalue weighted by atomic mass is 9.56. The first-order valence-corrected chi connectivity index (χ1v) is 8.73. The zero-order valence-electron chi connectivity index (χ0n) is 14.0. The predicted octanol–water partition coefficient (Wildman–Crippen LogP) is 3.42. The SMILES string of the molecule is CC[C@H](CO)C(=O)N1CC2(CC(Cc3cccc(C(F)F)c3)C2)C1. The number of rotatable bonds is 6. The molecular formula is C19H25F2NO2. The molecule has 1 saturated heterocycles. The van der Waals surface area contributed by atoms with Gasteiger partial charge in [0.2, 0.25) is 5.91 Å². The molecule has 0 radical (unpaired) electrons. The van der Waals surface area contributed by atoms with E-state index in [1.165, 1.54) is 6.07 Å². The number of likely N-dealkylation sites (tertiary alicyclic amines) is 1. The smallest absolute Gasteiger partial charge is 0.263 e. The van der Waals surface area contributed by atoms with Crippen molar-refractivity contribution in [3.05, 3.63) is 35.4 Å². The molecule has 132 valence electrons. The summed E-state index contributed by atoms with van der Waals surface area (Å²) in [5, 5.41) is 9.23. The third-order valence-electron chi connectivity index (χ3n) is 5.60. The minimum atomic E-state index is -2.41. The van der Waals surface area contributed by atoms with Crippen LogP contribution in [0.3, 0.4) is 0 Å². The first-order chi connectivity index (χ1) is 11.5. The number of carbonyl (C=O) groups excluding carboxylic acids is 1. The first kappa shape index (κ1) is 17.3. The van der Waals surface area contributed by atoms with Gasteiger partial charge in [-0.25, -0.2) is 8.78 Å². The Morgan fingerprint density at radius 3 is 2.67 bits per heavy atom. The van der Waals surface area contributed by atoms with E-state index >= 15 is 0 Å². The molecule has 1 atom stereocenters. The van der Waals surface area contributed by atoms with Crippen molar-refractivity contribution in [3.8, 4) is 0 Å². The van der Waals surface area contributed by atoms with E-state index in [0.29, 0.717) is 12.3 Å². The molecule has 1 aromatic rings. The number of hydrogen-bond acceptors (Lipinski definition) is 2. The van der Waals surface area contributed by atoms with Gasteiger partial charge in [-0.3, -0.25) is 4.79 Å². The van der Waals surface area contributed by atoms with Crippen LogP contribution in [-0.4, -0.2) is 35.6 Å². The van der Waals surface area contributed by atoms with E-state index in [2.05, 4.69) is 0 Å². The minimum absolute atomic E-state index is 0.0682. The van der Waals surface area contributed by atoms with Gasteiger partial charge in [0.25, 0.3) is 6.43 Å². The lowest BCUT2D eigenvalue weighted by Crippen LogP contribution is -2.64. The van der Waals surface area contributed by atoms with Crippen LogP contribution in [0.1, 0.15) is 43.7 Å². The van der Waals surface area contributed by atoms with Crippen molar-refractivity contribution in [2.75, 3.05) is 19.7 Å². The molecule has 1 saturated carbocycles. The molecule has 1 N–H and O–H groups in total. The molecule has 1 heterocycles. The molecule has 0 unspecified atom stereocenters. The van der Waals surface area contributed by atoms with E-state index in [1.54, 1.807) is 12.1 Å². The van der Waals surface area contributed by atoms with Crippen molar-refractivity contribution in [2.24, 2.45) is 17.3 Å². The summed E-state index contributed by atoms with van der Waals surface area (Å²) in [4.78, 5) is 14.0. The molecule has 0 aromatic heterocycles. The van der Waals surface area contributed by atoms with Crippen molar-refractivity contribution in [1.29, 1.82) is 0 Å². The fourth-order valence-corrected chi connectivity index (χ4v) is 4.32. The lowest BCUT2D eigenvalue weighted by molar-refractivity contribution is -0.160. The van der Waals surface area contributed by atoms with Gasteiger partial charge in [-0.05, 0) is 37.2 Å². The monoisotopic (exact) mass is 337 g/mol. The first-order valence-electron chi connectivity index (χ1n) is 8.73. The molecule has 2 aliphatic rings. The number of benzene rings is 1. The fraction of sp³-hybridized carbons (Fsp3) is 0.632. The average Bonchev–Trinajstić information content (AvgIpc) is 2.49. The number of aliphatic hydroxyl groups is 1. The number of nitrogens with zero attached hydrogens (tertiary/aromatic N) is 1. The molecule has 1 aromatic carbocycles. The van der Waals surface area contributed by atoms with Crippen LogP contribution in [0, 0.1) is 17.3 Å². The molecule has 3 rings (SSSR count). The summed E-state index contributed by atoms with van der Waals surface area (Å²) < 4.78 is 25.5. The third-order valence-corrected chi connectivity index (χ3v) is 5.60. The van der Waals surface area contributed by atoms with Gasteiger partial charge in [-0.2, -0.15) is 0 Å². The molecule has 1 amide bonds. The zero-order chi connectivity index (χ0) is 17.3. The van der Waals surface area contributed by atoms with Crippen molar-refractivity contribution >= 4 is 5.91 Å². The number of amides is 1. The topological polar surface area (TPSA) is 40.5 Å². The van der Waals surface area contributed by atoms with Crippen molar-refractivity contribution in [3.63, 3.8) is 0 Å². The summed E-state index contributed by atoms with van der Waals surface area (Å²) in [6, 6.07) is 6.70. The largest absolute Gasteiger partial charge is 0.396 e. The van der Waals surface area contributed by atoms with Crippen LogP contribution in [-0.2, 0) is 11.2 Å². The van der Waals surface area contributed by atoms with E-state index in [9.17, 15) is 18.7 Å². The highest BCUT2D eigenvalue weighted by atomic mass is 19.3. The van der Waals surface area contributed by atoms with Crippen LogP contribution >= 0.6 is 0 Å². The summed E-state index contributed by atoms with van der Waals surface area (Å²) in [7, 11) is 0. The van der Waals surface area contributed by atoms with Gasteiger partial charge in [0.05, 0.1) is 12.5 Å². The van der Waals surface area contributed by atoms with Gasteiger partial charge in [0.15, 0.2) is 0 Å². The standard InChI is InChI=1S/C19H25F2NO2/c1-2-15(10-23)18(24)22-11-19(12-22)8-14(9-19)6-13-4-3-5-16(7-13)17(20)21/h3-5,7,14-15,17,23H,2,6,8-12H2,1H3/t15-/m1/s1. The van der Waals surface area contributed by atoms with Gasteiger partial charge in [-0.1, -0.05) is 31.2 Å². The average molecular weight is 337 g/mol. The second-order valence-electron chi connectivity index (χ2n) is 7.51. The van der Waals surface area contributed by atoms with E-state index in [0.717, 1.165) is 37.9 Å². The maximum absolute atomic E-state index is 12.8. The summed E-state index contributed by atoms with van der Waals surface area (Å²) in [6.45, 7) is 3.41. The molecule has 1 aliphatic carbocycles. The Morgan fingerprint density at radius 1 is 1.38 bits per heavy atom. The number of halogens is 2. The molecule has 0 bridgehead atoms. The van der Waals surface area contributed by atoms with E-state index < -0.39 is 6.43 Å². The number of carbonyl (C=O) groups is 1. The molecule has 3 nitrogen and oxygen atoms in total. The lowest BCUT2D eigenvalue weighted by Gasteiger charge is -2.59. The van der Waals surface area contributed by atoms with Gasteiger partial charge in [-0.15, -0.1) is 0 Å². The van der Waals surface area contributed by atoms with E-state index in [1.807, 2.05) is 17.9 Å². The van der Waals surface area contributed by atoms with Crippen molar-refractivity contribution in [1.82, 2.24) is 4.90 Å². The second kappa shape index (κ2) is 6.79. The maximum Gasteiger partial charge on any atom is 0.263 e. The van der Waals surface area contributed by atoms with E-state index in [-0.39, 0.29) is 29.4 Å². The number of alkyl halides is 2. The Balaban J connectivity index is 1.47. The highest BCUT2D eigenvalue weighted by Gasteiger charge is 2.53. The molecule has 5 heteroatoms. The highest BCUT2D eigenvalue weighted by Crippen LogP contribution is 2.53. The molecule has 1 aliphatic heterocycles. The number of hydrogen-bond donors (Lipinski definition) is 1. The normalized spacial score (nSPS) is 20.8. The van der Waals surface area contributed by atoms with Crippen molar-refractivity contribution in [2.45, 2.75) is 39.0 Å². The zero-order valence-corrected chi connectivity index (χ0v) is 14.0. The van der Waals surface area contributed by atoms with Gasteiger partial charge in [0, 0.05) is 24.1 Å². The quantitative estimate of drug-likeness (QED) is 0.864. The predicted molar refractivity (Wildman–Crippen MR) is 87.7 cm³/mol. The van der Waals surface area contributed by atoms with E-state index in [4.69, 9.17) is 0 Å². The summed E-state index contributed by atoms with van der Waals surface area (Å²) >= 11 is 0. The highest BCUT2D eigenvalue weighted by molar-refractivity contribution is 5.80. The molecular weight excluding hydrogens is 312 g/mol. The molecule has 1 spiro atoms. The Kier molecular flexibility index (Phi) is 4.90. The summed E-state index contributed by atoms with van der Waals surface area (Å²) in [5.74, 6) is 0.323. The van der Waals surface area contributed by atoms with Crippen LogP contribution in [0.5, 0.6) is 0 Å². The Bertz CT molecular complexity index is 587. The van der Waals surface area contributed by atoms with Crippen LogP contribution in [0.2, 0.25) is 0 Å². The van der Waals surface area contributed by atoms with Gasteiger partial charge >= 0.3 is 0 Å². The van der Waals surface area contributed by atoms with Crippen LogP contribution in [0.4, 0.5) is 8.78 Å². The molecule has 2 fully saturated rings. The van der Waals surface area contributed by atoms with Crippen LogP contribution in [0.15, 0.2) is 24.3 Å². The van der Waals surface area contributed by atoms with Gasteiger partial charge < -0.3 is 10.0 Å². The maximum atomic E-state index is 12.8. The third kappa shape index (κ3) is 3.32. The van der Waals surface area contributed by atoms with Crippen LogP contribution in [0.25, 0.3) is 0 Å². The van der Waals surface area contributed by atoms with Gasteiger partial charge in [0.1, 0.15) is 0 Å². The van der Waals surface area contributed by atoms with Crippen molar-refractivity contribution < 1.29 is 18.7 Å². The Labute approximate surface area is 141 Å². The Hall–Kier alpha value is -1.49. The summed E-state index contributed by atoms with van der Waals surface area (Å²) in [6.07, 6.45) is 1.21. The Morgan fingerprint density at radius 2 is 2.08 bits per heavy atom.